The number of aromatic nitrogens is 1. The zero-order chi connectivity index (χ0) is 27.5. The molecule has 40 heavy (non-hydrogen) atoms. The van der Waals surface area contributed by atoms with Gasteiger partial charge in [0.2, 0.25) is 0 Å². The second-order valence-corrected chi connectivity index (χ2v) is 10.4. The number of ether oxygens (including phenoxy) is 4. The van der Waals surface area contributed by atoms with Crippen LogP contribution in [-0.4, -0.2) is 116 Å². The standard InChI is InChI=1S/C29H35N3O8/c33-19(15-31-5-9-36-10-6-31)17-38-21-1-3-23-25(13-21)30-29(35)27-24-4-2-22(14-26(24)40-28(23)27)39-18-20(34)16-32-7-11-37-12-8-32/h1-4,13-14,19-20,33-34H,5-12,15-18H2,(H,30,35). The summed E-state index contributed by atoms with van der Waals surface area (Å²) in [5, 5.41) is 22.7. The second-order valence-electron chi connectivity index (χ2n) is 10.4. The SMILES string of the molecule is O=c1[nH]c2cc(OCC(O)CN3CCOCC3)ccc2c2oc3cc(OCC(O)CN4CCOCC4)ccc3c12. The lowest BCUT2D eigenvalue weighted by Gasteiger charge is -2.28. The number of hydrogen-bond acceptors (Lipinski definition) is 10. The topological polar surface area (TPSA) is 130 Å². The minimum atomic E-state index is -0.636. The average Bonchev–Trinajstić information content (AvgIpc) is 3.36. The zero-order valence-corrected chi connectivity index (χ0v) is 22.3. The van der Waals surface area contributed by atoms with Crippen LogP contribution in [0.15, 0.2) is 45.6 Å². The lowest BCUT2D eigenvalue weighted by Crippen LogP contribution is -2.42. The third kappa shape index (κ3) is 6.09. The van der Waals surface area contributed by atoms with Crippen LogP contribution in [0.5, 0.6) is 11.5 Å². The van der Waals surface area contributed by atoms with Crippen molar-refractivity contribution < 1.29 is 33.6 Å². The molecule has 3 N–H and O–H groups in total. The van der Waals surface area contributed by atoms with Crippen LogP contribution in [0.2, 0.25) is 0 Å². The van der Waals surface area contributed by atoms with E-state index in [2.05, 4.69) is 14.8 Å². The third-order valence-corrected chi connectivity index (χ3v) is 7.40. The molecule has 2 aliphatic heterocycles. The number of benzene rings is 2. The van der Waals surface area contributed by atoms with Crippen molar-refractivity contribution in [2.75, 3.05) is 78.9 Å². The van der Waals surface area contributed by atoms with Crippen LogP contribution in [0.25, 0.3) is 32.8 Å². The zero-order valence-electron chi connectivity index (χ0n) is 22.3. The summed E-state index contributed by atoms with van der Waals surface area (Å²) in [6.07, 6.45) is -1.27. The first kappa shape index (κ1) is 27.0. The van der Waals surface area contributed by atoms with E-state index >= 15 is 0 Å². The van der Waals surface area contributed by atoms with Crippen molar-refractivity contribution in [2.45, 2.75) is 12.2 Å². The van der Waals surface area contributed by atoms with E-state index in [1.54, 1.807) is 30.3 Å². The number of pyridine rings is 1. The second kappa shape index (κ2) is 12.1. The molecule has 0 radical (unpaired) electrons. The van der Waals surface area contributed by atoms with Crippen molar-refractivity contribution in [1.29, 1.82) is 0 Å². The predicted octanol–water partition coefficient (Wildman–Crippen LogP) is 1.57. The molecular formula is C29H35N3O8. The summed E-state index contributed by atoms with van der Waals surface area (Å²) < 4.78 is 28.5. The van der Waals surface area contributed by atoms with Gasteiger partial charge in [0.1, 0.15) is 48.1 Å². The summed E-state index contributed by atoms with van der Waals surface area (Å²) in [4.78, 5) is 20.3. The molecule has 214 valence electrons. The Morgan fingerprint density at radius 3 is 1.95 bits per heavy atom. The van der Waals surface area contributed by atoms with Crippen LogP contribution in [0.4, 0.5) is 0 Å². The van der Waals surface area contributed by atoms with Crippen LogP contribution in [0, 0.1) is 0 Å². The Morgan fingerprint density at radius 1 is 0.800 bits per heavy atom. The van der Waals surface area contributed by atoms with Gasteiger partial charge in [-0.05, 0) is 24.3 Å². The lowest BCUT2D eigenvalue weighted by atomic mass is 10.1. The van der Waals surface area contributed by atoms with Crippen molar-refractivity contribution in [3.63, 3.8) is 0 Å². The maximum absolute atomic E-state index is 13.1. The fourth-order valence-electron chi connectivity index (χ4n) is 5.33. The number of β-amino-alcohol motifs (C(OH)–C–C–N with tert-alkyl or cyclic N) is 2. The van der Waals surface area contributed by atoms with Crippen molar-refractivity contribution in [3.8, 4) is 11.5 Å². The fourth-order valence-corrected chi connectivity index (χ4v) is 5.33. The van der Waals surface area contributed by atoms with Gasteiger partial charge in [0.05, 0.1) is 37.3 Å². The van der Waals surface area contributed by atoms with Crippen LogP contribution in [-0.2, 0) is 9.47 Å². The molecule has 0 spiro atoms. The molecule has 2 aromatic carbocycles. The van der Waals surface area contributed by atoms with E-state index in [0.29, 0.717) is 78.5 Å². The normalized spacial score (nSPS) is 18.9. The number of hydrogen-bond donors (Lipinski definition) is 3. The minimum absolute atomic E-state index is 0.143. The first-order valence-electron chi connectivity index (χ1n) is 13.8. The molecule has 2 aliphatic rings. The molecule has 11 nitrogen and oxygen atoms in total. The number of aliphatic hydroxyl groups is 2. The molecule has 2 aromatic heterocycles. The van der Waals surface area contributed by atoms with Gasteiger partial charge >= 0.3 is 0 Å². The van der Waals surface area contributed by atoms with Crippen LogP contribution >= 0.6 is 0 Å². The highest BCUT2D eigenvalue weighted by molar-refractivity contribution is 6.13. The lowest BCUT2D eigenvalue weighted by molar-refractivity contribution is 0.00453. The predicted molar refractivity (Wildman–Crippen MR) is 149 cm³/mol. The molecule has 2 atom stereocenters. The van der Waals surface area contributed by atoms with Gasteiger partial charge in [-0.25, -0.2) is 0 Å². The molecule has 0 amide bonds. The summed E-state index contributed by atoms with van der Waals surface area (Å²) in [5.41, 5.74) is 1.33. The number of fused-ring (bicyclic) bond motifs is 5. The number of nitrogens with one attached hydrogen (secondary N) is 1. The van der Waals surface area contributed by atoms with E-state index in [4.69, 9.17) is 23.4 Å². The van der Waals surface area contributed by atoms with E-state index in [1.165, 1.54) is 0 Å². The molecule has 6 rings (SSSR count). The van der Waals surface area contributed by atoms with Gasteiger partial charge in [-0.1, -0.05) is 0 Å². The maximum atomic E-state index is 13.1. The third-order valence-electron chi connectivity index (χ3n) is 7.40. The van der Waals surface area contributed by atoms with Gasteiger partial charge in [-0.15, -0.1) is 0 Å². The number of morpholine rings is 2. The molecule has 0 aliphatic carbocycles. The minimum Gasteiger partial charge on any atom is -0.491 e. The van der Waals surface area contributed by atoms with Gasteiger partial charge in [-0.3, -0.25) is 14.6 Å². The van der Waals surface area contributed by atoms with E-state index in [9.17, 15) is 15.0 Å². The van der Waals surface area contributed by atoms with E-state index < -0.39 is 12.2 Å². The Hall–Kier alpha value is -3.19. The van der Waals surface area contributed by atoms with Gasteiger partial charge < -0.3 is 38.6 Å². The summed E-state index contributed by atoms with van der Waals surface area (Å²) in [6.45, 7) is 7.24. The summed E-state index contributed by atoms with van der Waals surface area (Å²) >= 11 is 0. The van der Waals surface area contributed by atoms with Crippen molar-refractivity contribution in [1.82, 2.24) is 14.8 Å². The molecule has 4 heterocycles. The summed E-state index contributed by atoms with van der Waals surface area (Å²) in [7, 11) is 0. The smallest absolute Gasteiger partial charge is 0.260 e. The van der Waals surface area contributed by atoms with E-state index in [0.717, 1.165) is 31.6 Å². The Bertz CT molecular complexity index is 1510. The molecule has 0 bridgehead atoms. The quantitative estimate of drug-likeness (QED) is 0.266. The molecule has 2 unspecified atom stereocenters. The van der Waals surface area contributed by atoms with Gasteiger partial charge in [0, 0.05) is 62.2 Å². The van der Waals surface area contributed by atoms with Crippen molar-refractivity contribution >= 4 is 32.8 Å². The molecule has 2 saturated heterocycles. The van der Waals surface area contributed by atoms with E-state index in [1.807, 2.05) is 6.07 Å². The largest absolute Gasteiger partial charge is 0.491 e. The Labute approximate surface area is 230 Å². The fraction of sp³-hybridized carbons (Fsp3) is 0.483. The van der Waals surface area contributed by atoms with Crippen molar-refractivity contribution in [2.24, 2.45) is 0 Å². The molecule has 4 aromatic rings. The van der Waals surface area contributed by atoms with E-state index in [-0.39, 0.29) is 18.8 Å². The van der Waals surface area contributed by atoms with Gasteiger partial charge in [0.15, 0.2) is 0 Å². The number of rotatable bonds is 10. The molecule has 11 heteroatoms. The highest BCUT2D eigenvalue weighted by Crippen LogP contribution is 2.34. The van der Waals surface area contributed by atoms with Crippen molar-refractivity contribution in [3.05, 3.63) is 46.8 Å². The Kier molecular flexibility index (Phi) is 8.19. The first-order chi connectivity index (χ1) is 19.5. The summed E-state index contributed by atoms with van der Waals surface area (Å²) in [5.74, 6) is 1.10. The number of H-pyrrole nitrogens is 1. The Morgan fingerprint density at radius 2 is 1.35 bits per heavy atom. The summed E-state index contributed by atoms with van der Waals surface area (Å²) in [6, 6.07) is 10.7. The highest BCUT2D eigenvalue weighted by Gasteiger charge is 2.19. The van der Waals surface area contributed by atoms with Crippen LogP contribution in [0.1, 0.15) is 0 Å². The highest BCUT2D eigenvalue weighted by atomic mass is 16.5. The average molecular weight is 554 g/mol. The number of aliphatic hydroxyl groups excluding tert-OH is 2. The van der Waals surface area contributed by atoms with Gasteiger partial charge in [0.25, 0.3) is 5.56 Å². The van der Waals surface area contributed by atoms with Crippen LogP contribution < -0.4 is 15.0 Å². The molecule has 2 fully saturated rings. The molecular weight excluding hydrogens is 518 g/mol. The Balaban J connectivity index is 1.15. The number of furan rings is 1. The van der Waals surface area contributed by atoms with Crippen LogP contribution in [0.3, 0.4) is 0 Å². The monoisotopic (exact) mass is 553 g/mol. The molecule has 0 saturated carbocycles. The number of aromatic amines is 1. The first-order valence-corrected chi connectivity index (χ1v) is 13.8. The van der Waals surface area contributed by atoms with Gasteiger partial charge in [-0.2, -0.15) is 0 Å². The number of nitrogens with zero attached hydrogens (tertiary/aromatic N) is 2. The maximum Gasteiger partial charge on any atom is 0.260 e.